The van der Waals surface area contributed by atoms with Crippen LogP contribution in [0, 0.1) is 24.6 Å². The van der Waals surface area contributed by atoms with Crippen LogP contribution >= 0.6 is 0 Å². The zero-order valence-electron chi connectivity index (χ0n) is 13.4. The molecule has 0 saturated carbocycles. The van der Waals surface area contributed by atoms with Gasteiger partial charge in [-0.15, -0.1) is 0 Å². The molecule has 1 aliphatic heterocycles. The van der Waals surface area contributed by atoms with Gasteiger partial charge in [0.05, 0.1) is 0 Å². The Morgan fingerprint density at radius 1 is 1.25 bits per heavy atom. The predicted molar refractivity (Wildman–Crippen MR) is 82.2 cm³/mol. The number of likely N-dealkylation sites (tertiary alicyclic amines) is 1. The summed E-state index contributed by atoms with van der Waals surface area (Å²) >= 11 is 0. The topological polar surface area (TPSA) is 6.48 Å². The summed E-state index contributed by atoms with van der Waals surface area (Å²) in [6, 6.07) is 5.95. The molecule has 1 aromatic rings. The van der Waals surface area contributed by atoms with E-state index in [2.05, 4.69) is 43.8 Å². The maximum atomic E-state index is 13.5. The van der Waals surface area contributed by atoms with E-state index in [0.29, 0.717) is 17.9 Å². The summed E-state index contributed by atoms with van der Waals surface area (Å²) in [4.78, 5) is 4.80. The number of rotatable bonds is 4. The first-order valence-electron chi connectivity index (χ1n) is 7.51. The predicted octanol–water partition coefficient (Wildman–Crippen LogP) is 3.15. The second-order valence-corrected chi connectivity index (χ2v) is 6.77. The van der Waals surface area contributed by atoms with Crippen LogP contribution in [0.2, 0.25) is 0 Å². The molecule has 0 N–H and O–H groups in total. The fraction of sp³-hybridized carbons (Fsp3) is 0.647. The molecule has 0 radical (unpaired) electrons. The molecule has 1 fully saturated rings. The van der Waals surface area contributed by atoms with Gasteiger partial charge in [0.2, 0.25) is 0 Å². The highest BCUT2D eigenvalue weighted by atomic mass is 19.1. The molecule has 2 rings (SSSR count). The van der Waals surface area contributed by atoms with Crippen molar-refractivity contribution in [1.29, 1.82) is 0 Å². The van der Waals surface area contributed by atoms with E-state index in [1.807, 2.05) is 6.92 Å². The van der Waals surface area contributed by atoms with Crippen molar-refractivity contribution in [3.8, 4) is 0 Å². The Balaban J connectivity index is 2.07. The lowest BCUT2D eigenvalue weighted by atomic mass is 9.91. The average molecular weight is 278 g/mol. The Labute approximate surface area is 122 Å². The van der Waals surface area contributed by atoms with E-state index in [1.165, 1.54) is 0 Å². The Morgan fingerprint density at radius 3 is 2.45 bits per heavy atom. The second-order valence-electron chi connectivity index (χ2n) is 6.77. The second kappa shape index (κ2) is 6.23. The monoisotopic (exact) mass is 278 g/mol. The molecule has 1 saturated heterocycles. The van der Waals surface area contributed by atoms with E-state index >= 15 is 0 Å². The Hall–Kier alpha value is -0.930. The molecule has 2 atom stereocenters. The highest BCUT2D eigenvalue weighted by molar-refractivity contribution is 5.23. The van der Waals surface area contributed by atoms with E-state index in [-0.39, 0.29) is 5.82 Å². The van der Waals surface area contributed by atoms with Crippen molar-refractivity contribution in [3.63, 3.8) is 0 Å². The Morgan fingerprint density at radius 2 is 1.95 bits per heavy atom. The van der Waals surface area contributed by atoms with Gasteiger partial charge in [-0.25, -0.2) is 4.39 Å². The first kappa shape index (κ1) is 15.5. The lowest BCUT2D eigenvalue weighted by Gasteiger charge is -2.27. The van der Waals surface area contributed by atoms with Crippen molar-refractivity contribution in [2.24, 2.45) is 11.8 Å². The summed E-state index contributed by atoms with van der Waals surface area (Å²) < 4.78 is 13.5. The molecule has 3 heteroatoms. The van der Waals surface area contributed by atoms with Crippen LogP contribution in [0.1, 0.15) is 25.0 Å². The van der Waals surface area contributed by atoms with E-state index < -0.39 is 0 Å². The maximum absolute atomic E-state index is 13.5. The first-order chi connectivity index (χ1) is 9.36. The van der Waals surface area contributed by atoms with Gasteiger partial charge in [0.25, 0.3) is 0 Å². The fourth-order valence-corrected chi connectivity index (χ4v) is 3.39. The van der Waals surface area contributed by atoms with Crippen LogP contribution in [-0.2, 0) is 6.54 Å². The van der Waals surface area contributed by atoms with Crippen LogP contribution in [0.4, 0.5) is 4.39 Å². The van der Waals surface area contributed by atoms with Crippen LogP contribution in [0.3, 0.4) is 0 Å². The molecule has 20 heavy (non-hydrogen) atoms. The van der Waals surface area contributed by atoms with E-state index in [4.69, 9.17) is 0 Å². The zero-order chi connectivity index (χ0) is 14.9. The quantitative estimate of drug-likeness (QED) is 0.835. The summed E-state index contributed by atoms with van der Waals surface area (Å²) in [6.45, 7) is 9.59. The molecule has 0 aromatic heterocycles. The largest absolute Gasteiger partial charge is 0.305 e. The third-order valence-corrected chi connectivity index (χ3v) is 4.44. The lowest BCUT2D eigenvalue weighted by Crippen LogP contribution is -2.37. The SMILES string of the molecule is Cc1cc(F)cc(CN2C[C@@H](N(C)C)[C@H](C(C)C)C2)c1. The number of hydrogen-bond acceptors (Lipinski definition) is 2. The highest BCUT2D eigenvalue weighted by Crippen LogP contribution is 2.28. The summed E-state index contributed by atoms with van der Waals surface area (Å²) in [5.74, 6) is 1.25. The van der Waals surface area contributed by atoms with Gasteiger partial charge >= 0.3 is 0 Å². The number of likely N-dealkylation sites (N-methyl/N-ethyl adjacent to an activating group) is 1. The molecule has 0 bridgehead atoms. The summed E-state index contributed by atoms with van der Waals surface area (Å²) in [6.07, 6.45) is 0. The van der Waals surface area contributed by atoms with Crippen LogP contribution in [0.5, 0.6) is 0 Å². The minimum atomic E-state index is -0.122. The van der Waals surface area contributed by atoms with Gasteiger partial charge in [-0.3, -0.25) is 4.90 Å². The van der Waals surface area contributed by atoms with Crippen molar-refractivity contribution in [2.75, 3.05) is 27.2 Å². The number of nitrogens with zero attached hydrogens (tertiary/aromatic N) is 2. The molecule has 0 unspecified atom stereocenters. The van der Waals surface area contributed by atoms with Gasteiger partial charge in [0.15, 0.2) is 0 Å². The molecule has 2 nitrogen and oxygen atoms in total. The summed E-state index contributed by atoms with van der Waals surface area (Å²) in [5.41, 5.74) is 2.09. The first-order valence-corrected chi connectivity index (χ1v) is 7.51. The zero-order valence-corrected chi connectivity index (χ0v) is 13.4. The minimum Gasteiger partial charge on any atom is -0.305 e. The Bertz CT molecular complexity index is 420. The molecular weight excluding hydrogens is 251 g/mol. The van der Waals surface area contributed by atoms with Crippen molar-refractivity contribution >= 4 is 0 Å². The fourth-order valence-electron chi connectivity index (χ4n) is 3.39. The van der Waals surface area contributed by atoms with Crippen LogP contribution in [0.25, 0.3) is 0 Å². The number of hydrogen-bond donors (Lipinski definition) is 0. The van der Waals surface area contributed by atoms with Crippen LogP contribution in [0.15, 0.2) is 18.2 Å². The molecule has 0 amide bonds. The summed E-state index contributed by atoms with van der Waals surface area (Å²) in [7, 11) is 4.33. The van der Waals surface area contributed by atoms with Crippen molar-refractivity contribution in [3.05, 3.63) is 35.1 Å². The standard InChI is InChI=1S/C17H27FN2/c1-12(2)16-10-20(11-17(16)19(4)5)9-14-6-13(3)7-15(18)8-14/h6-8,12,16-17H,9-11H2,1-5H3/t16-,17+/m0/s1. The van der Waals surface area contributed by atoms with Gasteiger partial charge in [-0.2, -0.15) is 0 Å². The molecule has 1 heterocycles. The van der Waals surface area contributed by atoms with Gasteiger partial charge in [0.1, 0.15) is 5.82 Å². The minimum absolute atomic E-state index is 0.122. The molecule has 112 valence electrons. The van der Waals surface area contributed by atoms with Crippen LogP contribution < -0.4 is 0 Å². The van der Waals surface area contributed by atoms with Crippen LogP contribution in [-0.4, -0.2) is 43.0 Å². The molecule has 1 aliphatic rings. The Kier molecular flexibility index (Phi) is 4.82. The molecule has 1 aromatic carbocycles. The lowest BCUT2D eigenvalue weighted by molar-refractivity contribution is 0.215. The molecular formula is C17H27FN2. The van der Waals surface area contributed by atoms with Gasteiger partial charge in [-0.05, 0) is 56.1 Å². The molecule has 0 aliphatic carbocycles. The maximum Gasteiger partial charge on any atom is 0.123 e. The average Bonchev–Trinajstić information content (AvgIpc) is 2.71. The smallest absolute Gasteiger partial charge is 0.123 e. The van der Waals surface area contributed by atoms with Crippen molar-refractivity contribution < 1.29 is 4.39 Å². The van der Waals surface area contributed by atoms with Crippen molar-refractivity contribution in [2.45, 2.75) is 33.4 Å². The normalized spacial score (nSPS) is 24.0. The van der Waals surface area contributed by atoms with Gasteiger partial charge < -0.3 is 4.90 Å². The molecule has 0 spiro atoms. The van der Waals surface area contributed by atoms with E-state index in [1.54, 1.807) is 12.1 Å². The van der Waals surface area contributed by atoms with Gasteiger partial charge in [-0.1, -0.05) is 19.9 Å². The summed E-state index contributed by atoms with van der Waals surface area (Å²) in [5, 5.41) is 0. The number of halogens is 1. The number of aryl methyl sites for hydroxylation is 1. The highest BCUT2D eigenvalue weighted by Gasteiger charge is 2.35. The number of benzene rings is 1. The van der Waals surface area contributed by atoms with Crippen molar-refractivity contribution in [1.82, 2.24) is 9.80 Å². The van der Waals surface area contributed by atoms with E-state index in [9.17, 15) is 4.39 Å². The third kappa shape index (κ3) is 3.58. The third-order valence-electron chi connectivity index (χ3n) is 4.44. The van der Waals surface area contributed by atoms with E-state index in [0.717, 1.165) is 30.8 Å². The van der Waals surface area contributed by atoms with Gasteiger partial charge in [0, 0.05) is 25.7 Å².